The first-order valence-corrected chi connectivity index (χ1v) is 8.22. The lowest BCUT2D eigenvalue weighted by atomic mass is 10.2. The molecule has 2 aromatic rings. The van der Waals surface area contributed by atoms with Gasteiger partial charge in [-0.05, 0) is 37.4 Å². The number of hydrogen-bond acceptors (Lipinski definition) is 7. The summed E-state index contributed by atoms with van der Waals surface area (Å²) in [5, 5.41) is 0. The lowest BCUT2D eigenvalue weighted by molar-refractivity contribution is 0.0432. The monoisotopic (exact) mass is 353 g/mol. The average molecular weight is 353 g/mol. The van der Waals surface area contributed by atoms with Crippen LogP contribution in [-0.4, -0.2) is 34.5 Å². The van der Waals surface area contributed by atoms with Crippen LogP contribution in [0.25, 0.3) is 0 Å². The second-order valence-electron chi connectivity index (χ2n) is 4.56. The third kappa shape index (κ3) is 3.81. The topological polar surface area (TPSA) is 112 Å². The van der Waals surface area contributed by atoms with Crippen molar-refractivity contribution in [3.63, 3.8) is 0 Å². The summed E-state index contributed by atoms with van der Waals surface area (Å²) >= 11 is 0. The molecule has 0 aliphatic carbocycles. The van der Waals surface area contributed by atoms with Crippen molar-refractivity contribution in [1.29, 1.82) is 0 Å². The van der Waals surface area contributed by atoms with Gasteiger partial charge in [-0.3, -0.25) is 0 Å². The Morgan fingerprint density at radius 1 is 1.12 bits per heavy atom. The number of carbonyl (C=O) groups is 2. The normalized spacial score (nSPS) is 11.1. The molecule has 0 unspecified atom stereocenters. The minimum absolute atomic E-state index is 0.0283. The molecule has 2 rings (SSSR count). The zero-order valence-electron chi connectivity index (χ0n) is 12.9. The Morgan fingerprint density at radius 2 is 1.79 bits per heavy atom. The van der Waals surface area contributed by atoms with E-state index in [4.69, 9.17) is 9.15 Å². The van der Waals surface area contributed by atoms with Gasteiger partial charge in [-0.15, -0.1) is 0 Å². The first kappa shape index (κ1) is 17.7. The highest BCUT2D eigenvalue weighted by molar-refractivity contribution is 7.89. The highest BCUT2D eigenvalue weighted by atomic mass is 32.2. The molecular formula is C15H15NO7S. The molecule has 0 saturated heterocycles. The Kier molecular flexibility index (Phi) is 5.37. The van der Waals surface area contributed by atoms with E-state index < -0.39 is 22.0 Å². The Hall–Kier alpha value is -2.65. The van der Waals surface area contributed by atoms with Crippen LogP contribution in [0.15, 0.2) is 45.9 Å². The van der Waals surface area contributed by atoms with Gasteiger partial charge in [-0.1, -0.05) is 0 Å². The minimum atomic E-state index is -3.57. The number of sulfonamides is 1. The van der Waals surface area contributed by atoms with E-state index in [0.29, 0.717) is 0 Å². The van der Waals surface area contributed by atoms with E-state index in [0.717, 1.165) is 0 Å². The quantitative estimate of drug-likeness (QED) is 0.780. The van der Waals surface area contributed by atoms with Gasteiger partial charge in [0.2, 0.25) is 10.0 Å². The summed E-state index contributed by atoms with van der Waals surface area (Å²) in [5.41, 5.74) is 0.331. The summed E-state index contributed by atoms with van der Waals surface area (Å²) < 4.78 is 40.1. The molecule has 24 heavy (non-hydrogen) atoms. The van der Waals surface area contributed by atoms with Gasteiger partial charge in [0.25, 0.3) is 0 Å². The molecule has 0 saturated carbocycles. The fourth-order valence-corrected chi connectivity index (χ4v) is 2.58. The molecule has 0 atom stereocenters. The summed E-state index contributed by atoms with van der Waals surface area (Å²) in [6, 6.07) is 6.64. The molecule has 1 heterocycles. The SMILES string of the molecule is CNS(=O)(=O)c1ccc(C(=O)OCc2occc2C(=O)OC)cc1. The van der Waals surface area contributed by atoms with Gasteiger partial charge >= 0.3 is 11.9 Å². The van der Waals surface area contributed by atoms with Crippen LogP contribution in [0.2, 0.25) is 0 Å². The smallest absolute Gasteiger partial charge is 0.341 e. The van der Waals surface area contributed by atoms with Gasteiger partial charge in [0, 0.05) is 0 Å². The van der Waals surface area contributed by atoms with Gasteiger partial charge in [0.1, 0.15) is 5.56 Å². The molecule has 1 aromatic carbocycles. The Labute approximate surface area is 138 Å². The van der Waals surface area contributed by atoms with Crippen LogP contribution in [0, 0.1) is 0 Å². The van der Waals surface area contributed by atoms with Crippen LogP contribution >= 0.6 is 0 Å². The number of hydrogen-bond donors (Lipinski definition) is 1. The maximum Gasteiger partial charge on any atom is 0.341 e. The van der Waals surface area contributed by atoms with Crippen molar-refractivity contribution in [3.05, 3.63) is 53.5 Å². The number of rotatable bonds is 6. The van der Waals surface area contributed by atoms with Crippen molar-refractivity contribution < 1.29 is 31.9 Å². The number of esters is 2. The van der Waals surface area contributed by atoms with Gasteiger partial charge < -0.3 is 13.9 Å². The molecule has 0 aliphatic rings. The number of carbonyl (C=O) groups excluding carboxylic acids is 2. The highest BCUT2D eigenvalue weighted by Crippen LogP contribution is 2.15. The average Bonchev–Trinajstić information content (AvgIpc) is 3.07. The van der Waals surface area contributed by atoms with Crippen molar-refractivity contribution >= 4 is 22.0 Å². The van der Waals surface area contributed by atoms with Crippen LogP contribution in [0.1, 0.15) is 26.5 Å². The number of benzene rings is 1. The molecule has 9 heteroatoms. The summed E-state index contributed by atoms with van der Waals surface area (Å²) in [4.78, 5) is 23.5. The molecule has 8 nitrogen and oxygen atoms in total. The van der Waals surface area contributed by atoms with Crippen molar-refractivity contribution in [2.24, 2.45) is 0 Å². The zero-order chi connectivity index (χ0) is 17.7. The van der Waals surface area contributed by atoms with Crippen molar-refractivity contribution in [3.8, 4) is 0 Å². The molecule has 128 valence electrons. The second kappa shape index (κ2) is 7.28. The predicted molar refractivity (Wildman–Crippen MR) is 81.9 cm³/mol. The summed E-state index contributed by atoms with van der Waals surface area (Å²) in [6.07, 6.45) is 1.28. The van der Waals surface area contributed by atoms with Crippen LogP contribution in [0.3, 0.4) is 0 Å². The Balaban J connectivity index is 2.06. The van der Waals surface area contributed by atoms with Crippen LogP contribution in [0.4, 0.5) is 0 Å². The lowest BCUT2D eigenvalue weighted by Gasteiger charge is -2.06. The standard InChI is InChI=1S/C15H15NO7S/c1-16-24(19,20)11-5-3-10(4-6-11)14(17)23-9-13-12(7-8-22-13)15(18)21-2/h3-8,16H,9H2,1-2H3. The lowest BCUT2D eigenvalue weighted by Crippen LogP contribution is -2.18. The van der Waals surface area contributed by atoms with Crippen molar-refractivity contribution in [1.82, 2.24) is 4.72 Å². The minimum Gasteiger partial charge on any atom is -0.465 e. The van der Waals surface area contributed by atoms with Gasteiger partial charge in [0.05, 0.1) is 23.8 Å². The Morgan fingerprint density at radius 3 is 2.38 bits per heavy atom. The third-order valence-electron chi connectivity index (χ3n) is 3.15. The molecule has 0 aliphatic heterocycles. The maximum absolute atomic E-state index is 12.0. The third-order valence-corrected chi connectivity index (χ3v) is 4.58. The zero-order valence-corrected chi connectivity index (χ0v) is 13.8. The van der Waals surface area contributed by atoms with E-state index in [1.165, 1.54) is 50.8 Å². The fourth-order valence-electron chi connectivity index (χ4n) is 1.85. The molecule has 1 aromatic heterocycles. The van der Waals surface area contributed by atoms with E-state index in [1.54, 1.807) is 0 Å². The van der Waals surface area contributed by atoms with E-state index >= 15 is 0 Å². The highest BCUT2D eigenvalue weighted by Gasteiger charge is 2.18. The number of nitrogens with one attached hydrogen (secondary N) is 1. The molecular weight excluding hydrogens is 338 g/mol. The first-order chi connectivity index (χ1) is 11.4. The second-order valence-corrected chi connectivity index (χ2v) is 6.44. The number of furan rings is 1. The van der Waals surface area contributed by atoms with Crippen LogP contribution < -0.4 is 4.72 Å². The predicted octanol–water partition coefficient (Wildman–Crippen LogP) is 1.33. The van der Waals surface area contributed by atoms with Gasteiger partial charge in [-0.25, -0.2) is 22.7 Å². The van der Waals surface area contributed by atoms with Gasteiger partial charge in [-0.2, -0.15) is 0 Å². The van der Waals surface area contributed by atoms with E-state index in [9.17, 15) is 18.0 Å². The molecule has 0 bridgehead atoms. The number of ether oxygens (including phenoxy) is 2. The molecule has 1 N–H and O–H groups in total. The van der Waals surface area contributed by atoms with Crippen LogP contribution in [-0.2, 0) is 26.1 Å². The van der Waals surface area contributed by atoms with Crippen molar-refractivity contribution in [2.75, 3.05) is 14.2 Å². The van der Waals surface area contributed by atoms with E-state index in [-0.39, 0.29) is 28.4 Å². The van der Waals surface area contributed by atoms with Crippen molar-refractivity contribution in [2.45, 2.75) is 11.5 Å². The van der Waals surface area contributed by atoms with Crippen LogP contribution in [0.5, 0.6) is 0 Å². The molecule has 0 spiro atoms. The van der Waals surface area contributed by atoms with E-state index in [1.807, 2.05) is 0 Å². The summed E-state index contributed by atoms with van der Waals surface area (Å²) in [6.45, 7) is -0.257. The summed E-state index contributed by atoms with van der Waals surface area (Å²) in [5.74, 6) is -1.13. The largest absolute Gasteiger partial charge is 0.465 e. The number of methoxy groups -OCH3 is 1. The van der Waals surface area contributed by atoms with E-state index in [2.05, 4.69) is 9.46 Å². The first-order valence-electron chi connectivity index (χ1n) is 6.74. The fraction of sp³-hybridized carbons (Fsp3) is 0.200. The Bertz CT molecular complexity index is 837. The molecule has 0 fully saturated rings. The maximum atomic E-state index is 12.0. The molecule has 0 radical (unpaired) electrons. The molecule has 0 amide bonds. The summed E-state index contributed by atoms with van der Waals surface area (Å²) in [7, 11) is -1.06. The van der Waals surface area contributed by atoms with Gasteiger partial charge in [0.15, 0.2) is 12.4 Å².